The Bertz CT molecular complexity index is 975. The first kappa shape index (κ1) is 26.5. The van der Waals surface area contributed by atoms with Gasteiger partial charge in [0.25, 0.3) is 5.91 Å². The second-order valence-electron chi connectivity index (χ2n) is 7.53. The molecule has 0 bridgehead atoms. The van der Waals surface area contributed by atoms with Crippen molar-refractivity contribution in [1.82, 2.24) is 9.80 Å². The van der Waals surface area contributed by atoms with Crippen molar-refractivity contribution in [1.29, 1.82) is 0 Å². The number of carbonyl (C=O) groups excluding carboxylic acids is 1. The first-order valence-electron chi connectivity index (χ1n) is 10.6. The number of para-hydroxylation sites is 1. The Morgan fingerprint density at radius 1 is 0.912 bits per heavy atom. The van der Waals surface area contributed by atoms with E-state index in [0.717, 1.165) is 48.0 Å². The number of aliphatic carboxylic acids is 2. The second-order valence-corrected chi connectivity index (χ2v) is 7.53. The first-order chi connectivity index (χ1) is 16.2. The van der Waals surface area contributed by atoms with Crippen molar-refractivity contribution >= 4 is 17.8 Å². The van der Waals surface area contributed by atoms with Crippen LogP contribution in [-0.4, -0.2) is 84.9 Å². The van der Waals surface area contributed by atoms with Crippen LogP contribution in [0.3, 0.4) is 0 Å². The molecule has 1 saturated heterocycles. The molecule has 2 aromatic rings. The van der Waals surface area contributed by atoms with E-state index in [-0.39, 0.29) is 12.5 Å². The minimum atomic E-state index is -1.82. The molecule has 10 nitrogen and oxygen atoms in total. The summed E-state index contributed by atoms with van der Waals surface area (Å²) >= 11 is 0. The van der Waals surface area contributed by atoms with Crippen LogP contribution in [-0.2, 0) is 20.9 Å². The average Bonchev–Trinajstić information content (AvgIpc) is 2.83. The molecule has 1 heterocycles. The van der Waals surface area contributed by atoms with E-state index in [2.05, 4.69) is 11.0 Å². The maximum absolute atomic E-state index is 12.5. The highest BCUT2D eigenvalue weighted by Gasteiger charge is 2.22. The van der Waals surface area contributed by atoms with E-state index in [0.29, 0.717) is 13.1 Å². The van der Waals surface area contributed by atoms with Gasteiger partial charge in [0.1, 0.15) is 5.75 Å². The van der Waals surface area contributed by atoms with E-state index < -0.39 is 11.9 Å². The van der Waals surface area contributed by atoms with Gasteiger partial charge >= 0.3 is 11.9 Å². The molecule has 1 aliphatic rings. The molecular weight excluding hydrogens is 444 g/mol. The number of benzene rings is 2. The number of amides is 1. The lowest BCUT2D eigenvalue weighted by Crippen LogP contribution is -2.49. The number of piperazine rings is 1. The van der Waals surface area contributed by atoms with Gasteiger partial charge < -0.3 is 29.3 Å². The van der Waals surface area contributed by atoms with Gasteiger partial charge in [0.15, 0.2) is 18.1 Å². The Hall–Kier alpha value is -3.79. The van der Waals surface area contributed by atoms with Crippen molar-refractivity contribution < 1.29 is 38.8 Å². The summed E-state index contributed by atoms with van der Waals surface area (Å²) in [6, 6.07) is 13.7. The standard InChI is InChI=1S/C22H28N2O4.C2H2O4/c1-17-6-4-8-19(14-17)28-16-21(25)24-12-10-23(11-13-24)15-18-7-5-9-20(26-2)22(18)27-3;3-1(4)2(5)6/h4-9,14H,10-13,15-16H2,1-3H3;(H,3,4)(H,5,6). The molecule has 10 heteroatoms. The summed E-state index contributed by atoms with van der Waals surface area (Å²) in [6.45, 7) is 5.87. The Kier molecular flexibility index (Phi) is 10.2. The van der Waals surface area contributed by atoms with Crippen molar-refractivity contribution in [3.63, 3.8) is 0 Å². The zero-order valence-electron chi connectivity index (χ0n) is 19.5. The van der Waals surface area contributed by atoms with Gasteiger partial charge in [0, 0.05) is 38.3 Å². The lowest BCUT2D eigenvalue weighted by molar-refractivity contribution is -0.159. The Morgan fingerprint density at radius 2 is 1.56 bits per heavy atom. The van der Waals surface area contributed by atoms with Gasteiger partial charge in [-0.05, 0) is 30.7 Å². The molecule has 184 valence electrons. The van der Waals surface area contributed by atoms with E-state index >= 15 is 0 Å². The van der Waals surface area contributed by atoms with Crippen molar-refractivity contribution in [3.05, 3.63) is 53.6 Å². The minimum absolute atomic E-state index is 0.0279. The molecule has 0 unspecified atom stereocenters. The van der Waals surface area contributed by atoms with Crippen LogP contribution in [0.1, 0.15) is 11.1 Å². The van der Waals surface area contributed by atoms with E-state index in [4.69, 9.17) is 34.0 Å². The molecular formula is C24H30N2O8. The summed E-state index contributed by atoms with van der Waals surface area (Å²) in [7, 11) is 3.30. The van der Waals surface area contributed by atoms with Gasteiger partial charge in [-0.3, -0.25) is 9.69 Å². The third-order valence-electron chi connectivity index (χ3n) is 5.14. The molecule has 2 N–H and O–H groups in total. The van der Waals surface area contributed by atoms with Crippen LogP contribution < -0.4 is 14.2 Å². The highest BCUT2D eigenvalue weighted by atomic mass is 16.5. The number of nitrogens with zero attached hydrogens (tertiary/aromatic N) is 2. The van der Waals surface area contributed by atoms with Crippen molar-refractivity contribution in [2.24, 2.45) is 0 Å². The van der Waals surface area contributed by atoms with Crippen LogP contribution in [0.15, 0.2) is 42.5 Å². The molecule has 0 spiro atoms. The third kappa shape index (κ3) is 7.96. The Balaban J connectivity index is 0.000000604. The summed E-state index contributed by atoms with van der Waals surface area (Å²) < 4.78 is 16.5. The largest absolute Gasteiger partial charge is 0.493 e. The molecule has 34 heavy (non-hydrogen) atoms. The Morgan fingerprint density at radius 3 is 2.12 bits per heavy atom. The van der Waals surface area contributed by atoms with Gasteiger partial charge in [0.2, 0.25) is 0 Å². The molecule has 1 amide bonds. The number of aryl methyl sites for hydroxylation is 1. The highest BCUT2D eigenvalue weighted by molar-refractivity contribution is 6.27. The summed E-state index contributed by atoms with van der Waals surface area (Å²) in [5.41, 5.74) is 2.20. The number of carbonyl (C=O) groups is 3. The zero-order valence-corrected chi connectivity index (χ0v) is 19.5. The van der Waals surface area contributed by atoms with Gasteiger partial charge in [0.05, 0.1) is 14.2 Å². The van der Waals surface area contributed by atoms with Crippen LogP contribution in [0.4, 0.5) is 0 Å². The van der Waals surface area contributed by atoms with Gasteiger partial charge in [-0.1, -0.05) is 24.3 Å². The number of hydrogen-bond donors (Lipinski definition) is 2. The summed E-state index contributed by atoms with van der Waals surface area (Å²) in [5, 5.41) is 14.8. The summed E-state index contributed by atoms with van der Waals surface area (Å²) in [5.74, 6) is -1.38. The number of hydrogen-bond acceptors (Lipinski definition) is 7. The molecule has 3 rings (SSSR count). The lowest BCUT2D eigenvalue weighted by atomic mass is 10.1. The van der Waals surface area contributed by atoms with E-state index in [1.54, 1.807) is 14.2 Å². The summed E-state index contributed by atoms with van der Waals surface area (Å²) in [6.07, 6.45) is 0. The molecule has 0 radical (unpaired) electrons. The number of carboxylic acid groups (broad SMARTS) is 2. The summed E-state index contributed by atoms with van der Waals surface area (Å²) in [4.78, 5) is 34.8. The normalized spacial score (nSPS) is 13.3. The molecule has 1 fully saturated rings. The van der Waals surface area contributed by atoms with Crippen LogP contribution >= 0.6 is 0 Å². The maximum atomic E-state index is 12.5. The van der Waals surface area contributed by atoms with Crippen LogP contribution in [0, 0.1) is 6.92 Å². The SMILES string of the molecule is COc1cccc(CN2CCN(C(=O)COc3cccc(C)c3)CC2)c1OC.O=C(O)C(=O)O. The van der Waals surface area contributed by atoms with E-state index in [1.165, 1.54) is 0 Å². The van der Waals surface area contributed by atoms with Crippen LogP contribution in [0.25, 0.3) is 0 Å². The number of carboxylic acids is 2. The van der Waals surface area contributed by atoms with E-state index in [9.17, 15) is 4.79 Å². The highest BCUT2D eigenvalue weighted by Crippen LogP contribution is 2.31. The molecule has 0 aromatic heterocycles. The number of methoxy groups -OCH3 is 2. The first-order valence-corrected chi connectivity index (χ1v) is 10.6. The second kappa shape index (κ2) is 13.0. The fraction of sp³-hybridized carbons (Fsp3) is 0.375. The number of rotatable bonds is 7. The smallest absolute Gasteiger partial charge is 0.414 e. The predicted molar refractivity (Wildman–Crippen MR) is 123 cm³/mol. The maximum Gasteiger partial charge on any atom is 0.414 e. The van der Waals surface area contributed by atoms with Crippen LogP contribution in [0.5, 0.6) is 17.2 Å². The lowest BCUT2D eigenvalue weighted by Gasteiger charge is -2.35. The number of ether oxygens (including phenoxy) is 3. The molecule has 0 atom stereocenters. The molecule has 0 aliphatic carbocycles. The Labute approximate surface area is 198 Å². The average molecular weight is 475 g/mol. The molecule has 0 saturated carbocycles. The minimum Gasteiger partial charge on any atom is -0.493 e. The fourth-order valence-corrected chi connectivity index (χ4v) is 3.42. The third-order valence-corrected chi connectivity index (χ3v) is 5.14. The van der Waals surface area contributed by atoms with E-state index in [1.807, 2.05) is 48.2 Å². The quantitative estimate of drug-likeness (QED) is 0.579. The topological polar surface area (TPSA) is 126 Å². The fourth-order valence-electron chi connectivity index (χ4n) is 3.42. The van der Waals surface area contributed by atoms with Crippen LogP contribution in [0.2, 0.25) is 0 Å². The van der Waals surface area contributed by atoms with Gasteiger partial charge in [-0.25, -0.2) is 9.59 Å². The van der Waals surface area contributed by atoms with Gasteiger partial charge in [-0.2, -0.15) is 0 Å². The predicted octanol–water partition coefficient (Wildman–Crippen LogP) is 1.89. The van der Waals surface area contributed by atoms with Crippen molar-refractivity contribution in [3.8, 4) is 17.2 Å². The molecule has 2 aromatic carbocycles. The monoisotopic (exact) mass is 474 g/mol. The molecule has 1 aliphatic heterocycles. The van der Waals surface area contributed by atoms with Crippen molar-refractivity contribution in [2.45, 2.75) is 13.5 Å². The van der Waals surface area contributed by atoms with Crippen molar-refractivity contribution in [2.75, 3.05) is 47.0 Å². The van der Waals surface area contributed by atoms with Gasteiger partial charge in [-0.15, -0.1) is 0 Å². The zero-order chi connectivity index (χ0) is 25.1.